The second-order valence-electron chi connectivity index (χ2n) is 4.05. The highest BCUT2D eigenvalue weighted by Crippen LogP contribution is 2.25. The van der Waals surface area contributed by atoms with E-state index in [2.05, 4.69) is 15.3 Å². The van der Waals surface area contributed by atoms with Crippen LogP contribution in [0.4, 0.5) is 10.3 Å². The number of rotatable bonds is 3. The lowest BCUT2D eigenvalue weighted by Crippen LogP contribution is -2.10. The molecule has 2 rings (SSSR count). The summed E-state index contributed by atoms with van der Waals surface area (Å²) in [6.45, 7) is 3.81. The molecule has 1 aromatic heterocycles. The van der Waals surface area contributed by atoms with E-state index in [0.717, 1.165) is 11.3 Å². The highest BCUT2D eigenvalue weighted by atomic mass is 35.5. The molecule has 0 fully saturated rings. The minimum absolute atomic E-state index is 0.0973. The van der Waals surface area contributed by atoms with Crippen LogP contribution in [0.3, 0.4) is 0 Å². The Labute approximate surface area is 110 Å². The average molecular weight is 266 g/mol. The van der Waals surface area contributed by atoms with Crippen LogP contribution in [0.15, 0.2) is 30.5 Å². The maximum Gasteiger partial charge on any atom is 0.223 e. The summed E-state index contributed by atoms with van der Waals surface area (Å²) in [4.78, 5) is 8.36. The smallest absolute Gasteiger partial charge is 0.223 e. The molecule has 2 aromatic rings. The highest BCUT2D eigenvalue weighted by molar-refractivity contribution is 6.31. The maximum absolute atomic E-state index is 13.0. The lowest BCUT2D eigenvalue weighted by molar-refractivity contribution is 0.626. The Kier molecular flexibility index (Phi) is 3.77. The van der Waals surface area contributed by atoms with Gasteiger partial charge in [-0.15, -0.1) is 0 Å². The third-order valence-corrected chi connectivity index (χ3v) is 2.90. The molecule has 94 valence electrons. The molecule has 3 nitrogen and oxygen atoms in total. The van der Waals surface area contributed by atoms with Gasteiger partial charge in [-0.1, -0.05) is 17.7 Å². The first kappa shape index (κ1) is 12.8. The minimum Gasteiger partial charge on any atom is -0.348 e. The van der Waals surface area contributed by atoms with E-state index >= 15 is 0 Å². The summed E-state index contributed by atoms with van der Waals surface area (Å²) in [6, 6.07) is 6.06. The summed E-state index contributed by atoms with van der Waals surface area (Å²) >= 11 is 6.00. The Morgan fingerprint density at radius 3 is 2.78 bits per heavy atom. The van der Waals surface area contributed by atoms with Crippen molar-refractivity contribution in [3.63, 3.8) is 0 Å². The fourth-order valence-electron chi connectivity index (χ4n) is 1.64. The van der Waals surface area contributed by atoms with Crippen molar-refractivity contribution in [2.45, 2.75) is 19.9 Å². The molecule has 0 aliphatic rings. The third-order valence-electron chi connectivity index (χ3n) is 2.57. The fraction of sp³-hybridized carbons (Fsp3) is 0.231. The number of nitrogens with zero attached hydrogens (tertiary/aromatic N) is 2. The predicted octanol–water partition coefficient (Wildman–Crippen LogP) is 3.75. The molecule has 1 unspecified atom stereocenters. The van der Waals surface area contributed by atoms with Crippen LogP contribution in [0.2, 0.25) is 5.02 Å². The number of aromatic nitrogens is 2. The van der Waals surface area contributed by atoms with Gasteiger partial charge < -0.3 is 5.32 Å². The number of anilines is 1. The van der Waals surface area contributed by atoms with Crippen molar-refractivity contribution < 1.29 is 4.39 Å². The molecule has 0 radical (unpaired) electrons. The van der Waals surface area contributed by atoms with E-state index in [1.165, 1.54) is 12.1 Å². The van der Waals surface area contributed by atoms with Gasteiger partial charge in [0, 0.05) is 16.9 Å². The van der Waals surface area contributed by atoms with Crippen LogP contribution in [0.5, 0.6) is 0 Å². The number of halogens is 2. The van der Waals surface area contributed by atoms with Crippen molar-refractivity contribution in [1.82, 2.24) is 9.97 Å². The zero-order valence-corrected chi connectivity index (χ0v) is 10.9. The second-order valence-corrected chi connectivity index (χ2v) is 4.46. The molecule has 5 heteroatoms. The van der Waals surface area contributed by atoms with E-state index in [1.54, 1.807) is 12.3 Å². The summed E-state index contributed by atoms with van der Waals surface area (Å²) in [5.74, 6) is 0.186. The predicted molar refractivity (Wildman–Crippen MR) is 70.2 cm³/mol. The molecule has 1 heterocycles. The Hall–Kier alpha value is -1.68. The molecule has 0 saturated carbocycles. The van der Waals surface area contributed by atoms with Crippen LogP contribution in [0.25, 0.3) is 0 Å². The SMILES string of the molecule is Cc1ccnc(NC(C)c2ccc(F)cc2Cl)n1. The van der Waals surface area contributed by atoms with Crippen molar-refractivity contribution in [2.24, 2.45) is 0 Å². The first-order chi connectivity index (χ1) is 8.56. The molecular weight excluding hydrogens is 253 g/mol. The van der Waals surface area contributed by atoms with Crippen LogP contribution in [-0.4, -0.2) is 9.97 Å². The highest BCUT2D eigenvalue weighted by Gasteiger charge is 2.11. The van der Waals surface area contributed by atoms with Gasteiger partial charge in [-0.3, -0.25) is 0 Å². The minimum atomic E-state index is -0.345. The molecule has 1 N–H and O–H groups in total. The van der Waals surface area contributed by atoms with Crippen LogP contribution < -0.4 is 5.32 Å². The molecule has 0 saturated heterocycles. The summed E-state index contributed by atoms with van der Waals surface area (Å²) in [5.41, 5.74) is 1.69. The molecule has 0 spiro atoms. The first-order valence-corrected chi connectivity index (χ1v) is 5.95. The van der Waals surface area contributed by atoms with E-state index in [9.17, 15) is 4.39 Å². The topological polar surface area (TPSA) is 37.8 Å². The molecule has 1 atom stereocenters. The summed E-state index contributed by atoms with van der Waals surface area (Å²) in [7, 11) is 0. The van der Waals surface area contributed by atoms with Crippen molar-refractivity contribution >= 4 is 17.5 Å². The van der Waals surface area contributed by atoms with Crippen LogP contribution in [0.1, 0.15) is 24.2 Å². The molecule has 0 amide bonds. The van der Waals surface area contributed by atoms with Crippen molar-refractivity contribution in [2.75, 3.05) is 5.32 Å². The van der Waals surface area contributed by atoms with E-state index < -0.39 is 0 Å². The third kappa shape index (κ3) is 2.96. The van der Waals surface area contributed by atoms with Gasteiger partial charge in [-0.2, -0.15) is 0 Å². The molecule has 18 heavy (non-hydrogen) atoms. The normalized spacial score (nSPS) is 12.2. The number of benzene rings is 1. The zero-order valence-electron chi connectivity index (χ0n) is 10.1. The quantitative estimate of drug-likeness (QED) is 0.918. The van der Waals surface area contributed by atoms with Gasteiger partial charge in [0.1, 0.15) is 5.82 Å². The Morgan fingerprint density at radius 1 is 1.33 bits per heavy atom. The zero-order chi connectivity index (χ0) is 13.1. The Bertz CT molecular complexity index is 560. The summed E-state index contributed by atoms with van der Waals surface area (Å²) in [6.07, 6.45) is 1.68. The monoisotopic (exact) mass is 265 g/mol. The Balaban J connectivity index is 2.19. The first-order valence-electron chi connectivity index (χ1n) is 5.57. The van der Waals surface area contributed by atoms with E-state index in [0.29, 0.717) is 11.0 Å². The number of hydrogen-bond donors (Lipinski definition) is 1. The summed E-state index contributed by atoms with van der Waals surface area (Å²) < 4.78 is 13.0. The molecule has 1 aromatic carbocycles. The standard InChI is InChI=1S/C13H13ClFN3/c1-8-5-6-16-13(17-8)18-9(2)11-4-3-10(15)7-12(11)14/h3-7,9H,1-2H3,(H,16,17,18). The number of nitrogens with one attached hydrogen (secondary N) is 1. The Morgan fingerprint density at radius 2 is 2.11 bits per heavy atom. The second kappa shape index (κ2) is 5.31. The lowest BCUT2D eigenvalue weighted by atomic mass is 10.1. The van der Waals surface area contributed by atoms with Gasteiger partial charge >= 0.3 is 0 Å². The number of aryl methyl sites for hydroxylation is 1. The fourth-order valence-corrected chi connectivity index (χ4v) is 1.97. The number of hydrogen-bond acceptors (Lipinski definition) is 3. The van der Waals surface area contributed by atoms with Gasteiger partial charge in [-0.25, -0.2) is 14.4 Å². The maximum atomic E-state index is 13.0. The van der Waals surface area contributed by atoms with Crippen molar-refractivity contribution in [3.8, 4) is 0 Å². The van der Waals surface area contributed by atoms with E-state index in [-0.39, 0.29) is 11.9 Å². The molecular formula is C13H13ClFN3. The van der Waals surface area contributed by atoms with Crippen LogP contribution >= 0.6 is 11.6 Å². The van der Waals surface area contributed by atoms with Crippen molar-refractivity contribution in [1.29, 1.82) is 0 Å². The van der Waals surface area contributed by atoms with Gasteiger partial charge in [0.25, 0.3) is 0 Å². The average Bonchev–Trinajstić information content (AvgIpc) is 2.28. The molecule has 0 aliphatic heterocycles. The molecule has 0 bridgehead atoms. The largest absolute Gasteiger partial charge is 0.348 e. The van der Waals surface area contributed by atoms with E-state index in [4.69, 9.17) is 11.6 Å². The van der Waals surface area contributed by atoms with Crippen molar-refractivity contribution in [3.05, 3.63) is 52.6 Å². The van der Waals surface area contributed by atoms with Crippen LogP contribution in [0, 0.1) is 12.7 Å². The summed E-state index contributed by atoms with van der Waals surface area (Å²) in [5, 5.41) is 3.52. The van der Waals surface area contributed by atoms with Gasteiger partial charge in [0.05, 0.1) is 6.04 Å². The van der Waals surface area contributed by atoms with Crippen LogP contribution in [-0.2, 0) is 0 Å². The van der Waals surface area contributed by atoms with Gasteiger partial charge in [0.2, 0.25) is 5.95 Å². The lowest BCUT2D eigenvalue weighted by Gasteiger charge is -2.15. The van der Waals surface area contributed by atoms with Gasteiger partial charge in [0.15, 0.2) is 0 Å². The van der Waals surface area contributed by atoms with Gasteiger partial charge in [-0.05, 0) is 37.6 Å². The molecule has 0 aliphatic carbocycles. The van der Waals surface area contributed by atoms with E-state index in [1.807, 2.05) is 19.9 Å².